The van der Waals surface area contributed by atoms with Crippen LogP contribution >= 0.6 is 11.3 Å². The molecule has 0 saturated carbocycles. The highest BCUT2D eigenvalue weighted by Gasteiger charge is 2.33. The molecule has 1 aromatic carbocycles. The summed E-state index contributed by atoms with van der Waals surface area (Å²) in [6.45, 7) is 0.652. The first-order valence-corrected chi connectivity index (χ1v) is 10.3. The van der Waals surface area contributed by atoms with Gasteiger partial charge in [-0.2, -0.15) is 5.10 Å². The number of thiophene rings is 1. The molecule has 2 amide bonds. The first kappa shape index (κ1) is 18.4. The molecule has 0 bridgehead atoms. The van der Waals surface area contributed by atoms with Crippen molar-refractivity contribution >= 4 is 28.8 Å². The van der Waals surface area contributed by atoms with Crippen molar-refractivity contribution in [2.45, 2.75) is 31.7 Å². The van der Waals surface area contributed by atoms with E-state index in [1.165, 1.54) is 4.88 Å². The largest absolute Gasteiger partial charge is 0.331 e. The zero-order valence-electron chi connectivity index (χ0n) is 15.5. The van der Waals surface area contributed by atoms with Gasteiger partial charge < -0.3 is 10.2 Å². The summed E-state index contributed by atoms with van der Waals surface area (Å²) in [5.41, 5.74) is 1.65. The van der Waals surface area contributed by atoms with E-state index < -0.39 is 0 Å². The Hall–Kier alpha value is -2.93. The molecule has 0 spiro atoms. The number of hydrogen-bond acceptors (Lipinski definition) is 4. The van der Waals surface area contributed by atoms with Crippen molar-refractivity contribution in [3.05, 3.63) is 65.1 Å². The highest BCUT2D eigenvalue weighted by Crippen LogP contribution is 2.22. The van der Waals surface area contributed by atoms with Gasteiger partial charge in [0, 0.05) is 35.9 Å². The van der Waals surface area contributed by atoms with Crippen molar-refractivity contribution in [1.82, 2.24) is 14.7 Å². The maximum Gasteiger partial charge on any atom is 0.247 e. The van der Waals surface area contributed by atoms with Crippen LogP contribution in [-0.2, 0) is 16.0 Å². The molecular weight excluding hydrogens is 372 g/mol. The monoisotopic (exact) mass is 394 g/mol. The number of carbonyl (C=O) groups excluding carboxylic acids is 2. The van der Waals surface area contributed by atoms with Crippen LogP contribution in [0.15, 0.2) is 60.2 Å². The smallest absolute Gasteiger partial charge is 0.247 e. The average molecular weight is 395 g/mol. The third kappa shape index (κ3) is 4.14. The molecule has 2 aromatic heterocycles. The van der Waals surface area contributed by atoms with Crippen LogP contribution in [0.5, 0.6) is 0 Å². The van der Waals surface area contributed by atoms with Crippen LogP contribution in [0.2, 0.25) is 0 Å². The Morgan fingerprint density at radius 1 is 1.18 bits per heavy atom. The molecule has 4 rings (SSSR count). The van der Waals surface area contributed by atoms with Gasteiger partial charge in [0.05, 0.1) is 5.69 Å². The minimum atomic E-state index is -0.387. The van der Waals surface area contributed by atoms with Gasteiger partial charge in [0.25, 0.3) is 0 Å². The number of benzene rings is 1. The normalized spacial score (nSPS) is 16.3. The first-order chi connectivity index (χ1) is 13.7. The molecule has 1 saturated heterocycles. The fraction of sp³-hybridized carbons (Fsp3) is 0.286. The van der Waals surface area contributed by atoms with Crippen molar-refractivity contribution in [3.8, 4) is 5.69 Å². The molecule has 1 N–H and O–H groups in total. The second-order valence-electron chi connectivity index (χ2n) is 6.81. The summed E-state index contributed by atoms with van der Waals surface area (Å²) in [6, 6.07) is 13.0. The van der Waals surface area contributed by atoms with E-state index in [2.05, 4.69) is 10.4 Å². The highest BCUT2D eigenvalue weighted by atomic mass is 32.1. The quantitative estimate of drug-likeness (QED) is 0.696. The molecule has 1 aliphatic rings. The van der Waals surface area contributed by atoms with E-state index in [4.69, 9.17) is 0 Å². The number of aryl methyl sites for hydroxylation is 1. The molecule has 0 radical (unpaired) electrons. The van der Waals surface area contributed by atoms with E-state index in [-0.39, 0.29) is 17.9 Å². The molecule has 3 aromatic rings. The van der Waals surface area contributed by atoms with Crippen LogP contribution in [0.4, 0.5) is 5.69 Å². The van der Waals surface area contributed by atoms with Crippen LogP contribution in [0.25, 0.3) is 5.69 Å². The number of likely N-dealkylation sites (tertiary alicyclic amines) is 1. The van der Waals surface area contributed by atoms with E-state index in [9.17, 15) is 9.59 Å². The van der Waals surface area contributed by atoms with E-state index in [0.29, 0.717) is 19.4 Å². The summed E-state index contributed by atoms with van der Waals surface area (Å²) in [6.07, 6.45) is 6.34. The molecule has 6 nitrogen and oxygen atoms in total. The third-order valence-electron chi connectivity index (χ3n) is 4.94. The van der Waals surface area contributed by atoms with Gasteiger partial charge in [-0.15, -0.1) is 11.3 Å². The number of aromatic nitrogens is 2. The average Bonchev–Trinajstić information content (AvgIpc) is 3.49. The van der Waals surface area contributed by atoms with E-state index in [0.717, 1.165) is 24.2 Å². The molecule has 28 heavy (non-hydrogen) atoms. The van der Waals surface area contributed by atoms with Gasteiger partial charge in [0.2, 0.25) is 11.8 Å². The number of rotatable bonds is 6. The van der Waals surface area contributed by atoms with Crippen molar-refractivity contribution < 1.29 is 9.59 Å². The lowest BCUT2D eigenvalue weighted by atomic mass is 10.1. The van der Waals surface area contributed by atoms with Crippen LogP contribution in [0, 0.1) is 0 Å². The lowest BCUT2D eigenvalue weighted by Gasteiger charge is -2.24. The van der Waals surface area contributed by atoms with Crippen molar-refractivity contribution in [2.75, 3.05) is 11.9 Å². The number of anilines is 1. The molecule has 7 heteroatoms. The minimum absolute atomic E-state index is 0.0556. The molecule has 1 aliphatic heterocycles. The molecule has 0 aliphatic carbocycles. The summed E-state index contributed by atoms with van der Waals surface area (Å²) in [7, 11) is 0. The van der Waals surface area contributed by atoms with Gasteiger partial charge >= 0.3 is 0 Å². The highest BCUT2D eigenvalue weighted by molar-refractivity contribution is 7.09. The second kappa shape index (κ2) is 8.39. The maximum atomic E-state index is 12.8. The summed E-state index contributed by atoms with van der Waals surface area (Å²) in [5.74, 6) is -0.0612. The zero-order valence-corrected chi connectivity index (χ0v) is 16.3. The second-order valence-corrected chi connectivity index (χ2v) is 7.84. The van der Waals surface area contributed by atoms with Gasteiger partial charge in [0.1, 0.15) is 6.04 Å². The lowest BCUT2D eigenvalue weighted by molar-refractivity contribution is -0.136. The number of hydrogen-bond donors (Lipinski definition) is 1. The molecule has 1 fully saturated rings. The first-order valence-electron chi connectivity index (χ1n) is 9.43. The summed E-state index contributed by atoms with van der Waals surface area (Å²) in [5, 5.41) is 9.16. The van der Waals surface area contributed by atoms with Gasteiger partial charge in [-0.05, 0) is 61.0 Å². The summed E-state index contributed by atoms with van der Waals surface area (Å²) >= 11 is 1.66. The fourth-order valence-corrected chi connectivity index (χ4v) is 4.22. The van der Waals surface area contributed by atoms with Gasteiger partial charge in [-0.3, -0.25) is 9.59 Å². The summed E-state index contributed by atoms with van der Waals surface area (Å²) in [4.78, 5) is 28.3. The predicted octanol–water partition coefficient (Wildman–Crippen LogP) is 3.50. The van der Waals surface area contributed by atoms with E-state index in [1.54, 1.807) is 27.1 Å². The van der Waals surface area contributed by atoms with Crippen molar-refractivity contribution in [3.63, 3.8) is 0 Å². The summed E-state index contributed by atoms with van der Waals surface area (Å²) < 4.78 is 1.76. The number of nitrogens with zero attached hydrogens (tertiary/aromatic N) is 3. The SMILES string of the molecule is O=C(Nc1ccc(-n2cccn2)cc1)C1CCCN1C(=O)CCc1cccs1. The van der Waals surface area contributed by atoms with Crippen LogP contribution in [-0.4, -0.2) is 39.1 Å². The van der Waals surface area contributed by atoms with Gasteiger partial charge in [0.15, 0.2) is 0 Å². The van der Waals surface area contributed by atoms with Gasteiger partial charge in [-0.1, -0.05) is 6.07 Å². The number of carbonyl (C=O) groups is 2. The van der Waals surface area contributed by atoms with Crippen LogP contribution in [0.3, 0.4) is 0 Å². The predicted molar refractivity (Wildman–Crippen MR) is 110 cm³/mol. The van der Waals surface area contributed by atoms with Crippen molar-refractivity contribution in [2.24, 2.45) is 0 Å². The zero-order chi connectivity index (χ0) is 19.3. The van der Waals surface area contributed by atoms with E-state index in [1.807, 2.05) is 54.0 Å². The Morgan fingerprint density at radius 3 is 2.75 bits per heavy atom. The third-order valence-corrected chi connectivity index (χ3v) is 5.88. The Kier molecular flexibility index (Phi) is 5.53. The Labute approximate surface area is 167 Å². The number of nitrogens with one attached hydrogen (secondary N) is 1. The number of amides is 2. The topological polar surface area (TPSA) is 67.2 Å². The maximum absolute atomic E-state index is 12.8. The Morgan fingerprint density at radius 2 is 2.04 bits per heavy atom. The Balaban J connectivity index is 1.36. The fourth-order valence-electron chi connectivity index (χ4n) is 3.51. The van der Waals surface area contributed by atoms with Crippen LogP contribution < -0.4 is 5.32 Å². The molecule has 1 unspecified atom stereocenters. The van der Waals surface area contributed by atoms with E-state index >= 15 is 0 Å². The van der Waals surface area contributed by atoms with Crippen molar-refractivity contribution in [1.29, 1.82) is 0 Å². The van der Waals surface area contributed by atoms with Gasteiger partial charge in [-0.25, -0.2) is 4.68 Å². The lowest BCUT2D eigenvalue weighted by Crippen LogP contribution is -2.43. The molecular formula is C21H22N4O2S. The Bertz CT molecular complexity index is 920. The minimum Gasteiger partial charge on any atom is -0.331 e. The standard InChI is InChI=1S/C21H22N4O2S/c26-20(11-10-18-4-2-15-28-18)24-13-1-5-19(24)21(27)23-16-6-8-17(9-7-16)25-14-3-12-22-25/h2-4,6-9,12,14-15,19H,1,5,10-11,13H2,(H,23,27). The molecule has 3 heterocycles. The molecule has 1 atom stereocenters. The van der Waals surface area contributed by atoms with Crippen LogP contribution in [0.1, 0.15) is 24.1 Å². The molecule has 144 valence electrons.